The summed E-state index contributed by atoms with van der Waals surface area (Å²) in [5, 5.41) is 51.8. The van der Waals surface area contributed by atoms with E-state index in [4.69, 9.17) is 11.5 Å². The third-order valence-corrected chi connectivity index (χ3v) is 16.8. The van der Waals surface area contributed by atoms with E-state index in [-0.39, 0.29) is 82.1 Å². The van der Waals surface area contributed by atoms with Crippen molar-refractivity contribution in [3.63, 3.8) is 0 Å². The number of likely N-dealkylation sites (tertiary alicyclic amines) is 1. The topological polar surface area (TPSA) is 473 Å². The first kappa shape index (κ1) is 77.8. The third-order valence-electron chi connectivity index (χ3n) is 16.8. The molecule has 1 saturated heterocycles. The first-order chi connectivity index (χ1) is 46.1. The number of rotatable bonds is 40. The molecule has 1 fully saturated rings. The Morgan fingerprint density at radius 1 is 0.619 bits per heavy atom. The first-order valence-corrected chi connectivity index (χ1v) is 32.9. The Morgan fingerprint density at radius 3 is 1.66 bits per heavy atom. The van der Waals surface area contributed by atoms with Crippen molar-refractivity contribution in [2.24, 2.45) is 34.2 Å². The molecule has 2 aromatic heterocycles. The van der Waals surface area contributed by atoms with Crippen molar-refractivity contribution in [2.75, 3.05) is 26.2 Å². The normalized spacial score (nSPS) is 16.0. The van der Waals surface area contributed by atoms with Gasteiger partial charge in [0.1, 0.15) is 60.1 Å². The molecule has 31 heteroatoms. The summed E-state index contributed by atoms with van der Waals surface area (Å²) in [7, 11) is 0. The van der Waals surface area contributed by atoms with E-state index in [1.54, 1.807) is 90.6 Å². The third kappa shape index (κ3) is 24.7. The summed E-state index contributed by atoms with van der Waals surface area (Å²) in [4.78, 5) is 176. The van der Waals surface area contributed by atoms with Crippen LogP contribution in [0.1, 0.15) is 123 Å². The largest absolute Gasteiger partial charge is 0.508 e. The summed E-state index contributed by atoms with van der Waals surface area (Å²) in [6.45, 7) is 14.6. The number of H-pyrrole nitrogens is 2. The molecule has 5 rings (SSSR count). The van der Waals surface area contributed by atoms with Crippen molar-refractivity contribution < 1.29 is 68.1 Å². The summed E-state index contributed by atoms with van der Waals surface area (Å²) in [6.07, 6.45) is 5.55. The Balaban J connectivity index is 1.41. The van der Waals surface area contributed by atoms with Gasteiger partial charge >= 0.3 is 11.9 Å². The van der Waals surface area contributed by atoms with Gasteiger partial charge in [-0.3, -0.25) is 57.8 Å². The number of nitrogens with zero attached hydrogens (tertiary/aromatic N) is 5. The molecular formula is C66H97N17O14. The summed E-state index contributed by atoms with van der Waals surface area (Å²) in [6, 6.07) is 1.34. The van der Waals surface area contributed by atoms with Gasteiger partial charge in [0.25, 0.3) is 0 Å². The maximum Gasteiger partial charge on any atom is 0.326 e. The molecule has 530 valence electrons. The van der Waals surface area contributed by atoms with E-state index >= 15 is 4.79 Å². The van der Waals surface area contributed by atoms with E-state index in [9.17, 15) is 63.3 Å². The monoisotopic (exact) mass is 1350 g/mol. The zero-order chi connectivity index (χ0) is 71.5. The number of carbonyl (C=O) groups excluding carboxylic acids is 9. The molecule has 9 amide bonds. The van der Waals surface area contributed by atoms with E-state index in [0.29, 0.717) is 48.4 Å². The molecule has 0 spiro atoms. The number of hydrogen-bond donors (Lipinski definition) is 15. The van der Waals surface area contributed by atoms with E-state index in [2.05, 4.69) is 67.5 Å². The van der Waals surface area contributed by atoms with Crippen LogP contribution >= 0.6 is 0 Å². The zero-order valence-corrected chi connectivity index (χ0v) is 56.3. The van der Waals surface area contributed by atoms with Crippen molar-refractivity contribution >= 4 is 71.1 Å². The van der Waals surface area contributed by atoms with Crippen LogP contribution < -0.4 is 54.0 Å². The van der Waals surface area contributed by atoms with Gasteiger partial charge < -0.3 is 84.2 Å². The Labute approximate surface area is 564 Å². The van der Waals surface area contributed by atoms with Crippen molar-refractivity contribution in [2.45, 2.75) is 186 Å². The number of phenols is 1. The molecule has 31 nitrogen and oxygen atoms in total. The van der Waals surface area contributed by atoms with Crippen LogP contribution in [0.2, 0.25) is 0 Å². The molecule has 2 aromatic carbocycles. The molecule has 11 atom stereocenters. The van der Waals surface area contributed by atoms with Gasteiger partial charge in [-0.25, -0.2) is 14.8 Å². The van der Waals surface area contributed by atoms with Crippen LogP contribution in [0.3, 0.4) is 0 Å². The Bertz CT molecular complexity index is 3270. The van der Waals surface area contributed by atoms with Crippen LogP contribution in [0.5, 0.6) is 5.75 Å². The lowest BCUT2D eigenvalue weighted by Gasteiger charge is -2.32. The molecule has 0 aliphatic carbocycles. The van der Waals surface area contributed by atoms with Crippen LogP contribution in [0.25, 0.3) is 0 Å². The summed E-state index contributed by atoms with van der Waals surface area (Å²) < 4.78 is 0. The molecule has 1 aliphatic heterocycles. The van der Waals surface area contributed by atoms with Gasteiger partial charge in [0.05, 0.1) is 25.1 Å². The molecule has 1 aliphatic rings. The standard InChI is InChI=1S/C66H97N17O14/c1-9-39(8)55(81-59(90)47(29-41-21-23-44(84)24-22-41)77-62(93)54(38(6)7)80-56(87)45(19-15-25-71-66(67)68)74-61(92)52(32-53(85)86)82(10-2)11-3)63(94)78-49(31-43-34-70-36-73-43)64(95)83-26-16-20-51(83)60(91)76-46(28-40-17-13-12-14-18-40)57(88)75-48(30-42-33-69-35-72-42)58(89)79-50(65(96)97)27-37(4)5/h12-14,17-18,21-24,33-39,45-52,54-55,84H,9-11,15-16,19-20,25-32H2,1-8H3,(H,69,72)(H,70,73)(H,74,92)(H,75,88)(H,76,91)(H,77,93)(H,78,94)(H,79,89)(H,80,87)(H,81,90)(H,85,86)(H,96,97)(H4,67,68,71)/t39-,45-,46-,47-,48-,49-,50-,51-,52-,54-,55-/m0/s1. The molecule has 0 radical (unpaired) electrons. The maximum absolute atomic E-state index is 15.1. The number of nitrogens with two attached hydrogens (primary N) is 2. The van der Waals surface area contributed by atoms with Crippen molar-refractivity contribution in [3.8, 4) is 5.75 Å². The summed E-state index contributed by atoms with van der Waals surface area (Å²) in [5.74, 6) is -11.2. The maximum atomic E-state index is 15.1. The number of carboxylic acid groups (broad SMARTS) is 2. The van der Waals surface area contributed by atoms with E-state index in [0.717, 1.165) is 0 Å². The molecule has 0 bridgehead atoms. The smallest absolute Gasteiger partial charge is 0.326 e. The summed E-state index contributed by atoms with van der Waals surface area (Å²) in [5.41, 5.74) is 13.0. The number of aromatic amines is 2. The number of aromatic hydroxyl groups is 1. The number of benzene rings is 2. The molecule has 97 heavy (non-hydrogen) atoms. The SMILES string of the molecule is CC[C@H](C)[C@H](NC(=O)[C@H](Cc1ccc(O)cc1)NC(=O)[C@@H](NC(=O)[C@H](CCCN=C(N)N)NC(=O)[C@H](CC(=O)O)N(CC)CC)C(C)C)C(=O)N[C@@H](Cc1cnc[nH]1)C(=O)N1CCC[C@H]1C(=O)N[C@@H](Cc1ccccc1)C(=O)N[C@@H](Cc1cnc[nH]1)C(=O)N[C@@H](CC(C)C)C(=O)O. The number of hydrogen-bond acceptors (Lipinski definition) is 16. The van der Waals surface area contributed by atoms with Gasteiger partial charge in [-0.05, 0) is 86.2 Å². The zero-order valence-electron chi connectivity index (χ0n) is 56.3. The number of guanidine groups is 1. The fourth-order valence-electron chi connectivity index (χ4n) is 11.3. The second kappa shape index (κ2) is 38.6. The number of phenolic OH excluding ortho intramolecular Hbond substituents is 1. The number of aromatic nitrogens is 4. The minimum Gasteiger partial charge on any atom is -0.508 e. The predicted molar refractivity (Wildman–Crippen MR) is 357 cm³/mol. The number of imidazole rings is 2. The van der Waals surface area contributed by atoms with E-state index in [1.165, 1.54) is 54.2 Å². The highest BCUT2D eigenvalue weighted by Crippen LogP contribution is 2.22. The van der Waals surface area contributed by atoms with Gasteiger partial charge in [-0.1, -0.05) is 104 Å². The number of likely N-dealkylation sites (N-methyl/N-ethyl adjacent to an activating group) is 1. The second-order valence-corrected chi connectivity index (χ2v) is 25.0. The number of carbonyl (C=O) groups is 11. The minimum absolute atomic E-state index is 0.0415. The van der Waals surface area contributed by atoms with E-state index < -0.39 is 144 Å². The Hall–Kier alpha value is -9.94. The molecule has 0 saturated carbocycles. The summed E-state index contributed by atoms with van der Waals surface area (Å²) >= 11 is 0. The second-order valence-electron chi connectivity index (χ2n) is 25.0. The van der Waals surface area contributed by atoms with Gasteiger partial charge in [0.15, 0.2) is 5.96 Å². The molecule has 17 N–H and O–H groups in total. The van der Waals surface area contributed by atoms with Gasteiger partial charge in [0, 0.05) is 62.6 Å². The molecule has 0 unspecified atom stereocenters. The van der Waals surface area contributed by atoms with Crippen LogP contribution in [0.4, 0.5) is 0 Å². The van der Waals surface area contributed by atoms with Crippen LogP contribution in [-0.2, 0) is 78.4 Å². The number of amides is 9. The highest BCUT2D eigenvalue weighted by Gasteiger charge is 2.42. The van der Waals surface area contributed by atoms with Gasteiger partial charge in [-0.2, -0.15) is 0 Å². The Morgan fingerprint density at radius 2 is 1.12 bits per heavy atom. The van der Waals surface area contributed by atoms with Crippen LogP contribution in [0.15, 0.2) is 84.6 Å². The molecular weight excluding hydrogens is 1250 g/mol. The van der Waals surface area contributed by atoms with Crippen molar-refractivity contribution in [1.29, 1.82) is 0 Å². The van der Waals surface area contributed by atoms with Gasteiger partial charge in [0.2, 0.25) is 53.2 Å². The lowest BCUT2D eigenvalue weighted by molar-refractivity contribution is -0.143. The average molecular weight is 1350 g/mol. The first-order valence-electron chi connectivity index (χ1n) is 32.9. The van der Waals surface area contributed by atoms with Crippen LogP contribution in [-0.4, -0.2) is 203 Å². The lowest BCUT2D eigenvalue weighted by Crippen LogP contribution is -2.62. The fraction of sp³-hybridized carbons (Fsp3) is 0.545. The lowest BCUT2D eigenvalue weighted by atomic mass is 9.96. The number of aliphatic carboxylic acids is 2. The van der Waals surface area contributed by atoms with Gasteiger partial charge in [-0.15, -0.1) is 0 Å². The highest BCUT2D eigenvalue weighted by molar-refractivity contribution is 5.99. The van der Waals surface area contributed by atoms with Crippen LogP contribution in [0, 0.1) is 17.8 Å². The quantitative estimate of drug-likeness (QED) is 0.0159. The average Bonchev–Trinajstić information content (AvgIpc) is 1.76. The van der Waals surface area contributed by atoms with Crippen molar-refractivity contribution in [3.05, 3.63) is 102 Å². The fourth-order valence-corrected chi connectivity index (χ4v) is 11.3. The highest BCUT2D eigenvalue weighted by atomic mass is 16.4. The van der Waals surface area contributed by atoms with Crippen molar-refractivity contribution in [1.82, 2.24) is 72.3 Å². The van der Waals surface area contributed by atoms with E-state index in [1.807, 2.05) is 0 Å². The number of nitrogens with one attached hydrogen (secondary N) is 10. The minimum atomic E-state index is -1.46. The Kier molecular flexibility index (Phi) is 30.9. The number of aliphatic imine (C=N–C) groups is 1. The molecule has 4 aromatic rings. The predicted octanol–water partition coefficient (Wildman–Crippen LogP) is 0.0499. The molecule has 3 heterocycles. The number of carboxylic acids is 2.